The first kappa shape index (κ1) is 39.6. The van der Waals surface area contributed by atoms with E-state index in [1.54, 1.807) is 61.2 Å². The summed E-state index contributed by atoms with van der Waals surface area (Å²) in [6.07, 6.45) is 15.6. The number of nitrogens with one attached hydrogen (secondary N) is 3. The molecule has 0 saturated carbocycles. The molecule has 8 heterocycles. The minimum atomic E-state index is -3.72. The number of hydrogen-bond donors (Lipinski definition) is 3. The number of benzene rings is 1. The molecule has 0 fully saturated rings. The van der Waals surface area contributed by atoms with Gasteiger partial charge in [-0.05, 0) is 117 Å². The van der Waals surface area contributed by atoms with Crippen LogP contribution in [0.25, 0.3) is 44.1 Å². The van der Waals surface area contributed by atoms with Gasteiger partial charge in [0.1, 0.15) is 16.9 Å². The molecule has 9 rings (SSSR count). The van der Waals surface area contributed by atoms with Crippen molar-refractivity contribution in [3.63, 3.8) is 0 Å². The van der Waals surface area contributed by atoms with Crippen LogP contribution in [0, 0.1) is 14.1 Å². The van der Waals surface area contributed by atoms with Gasteiger partial charge < -0.3 is 15.0 Å². The number of aromatic nitrogens is 8. The normalized spacial score (nSPS) is 10.9. The van der Waals surface area contributed by atoms with Crippen LogP contribution in [0.4, 0.5) is 0 Å². The average molecular weight is 1040 g/mol. The number of rotatable bonds is 5. The molecule has 0 unspecified atom stereocenters. The van der Waals surface area contributed by atoms with E-state index in [2.05, 4.69) is 73.4 Å². The van der Waals surface area contributed by atoms with Crippen LogP contribution in [0.3, 0.4) is 0 Å². The van der Waals surface area contributed by atoms with Gasteiger partial charge in [0, 0.05) is 99.4 Å². The number of aldehydes is 3. The lowest BCUT2D eigenvalue weighted by Crippen LogP contribution is -2.12. The first-order valence-corrected chi connectivity index (χ1v) is 20.4. The summed E-state index contributed by atoms with van der Waals surface area (Å²) in [5.41, 5.74) is 5.51. The van der Waals surface area contributed by atoms with Gasteiger partial charge in [0.05, 0.1) is 4.90 Å². The minimum Gasteiger partial charge on any atom is -0.346 e. The molecule has 17 heteroatoms. The molecule has 0 spiro atoms. The number of aryl methyl sites for hydroxylation is 1. The summed E-state index contributed by atoms with van der Waals surface area (Å²) in [6, 6.07) is 17.8. The van der Waals surface area contributed by atoms with Crippen molar-refractivity contribution in [3.8, 4) is 0 Å². The Morgan fingerprint density at radius 1 is 0.655 bits per heavy atom. The molecular formula is C38H27BrI2N8O5S. The van der Waals surface area contributed by atoms with Crippen molar-refractivity contribution in [2.75, 3.05) is 0 Å². The lowest BCUT2D eigenvalue weighted by Gasteiger charge is -2.07. The van der Waals surface area contributed by atoms with Gasteiger partial charge in [0.15, 0.2) is 24.5 Å². The number of nitrogens with zero attached hydrogens (tertiary/aromatic N) is 5. The number of H-pyrrole nitrogens is 3. The highest BCUT2D eigenvalue weighted by atomic mass is 127. The van der Waals surface area contributed by atoms with Gasteiger partial charge in [-0.3, -0.25) is 14.4 Å². The maximum Gasteiger partial charge on any atom is 0.269 e. The molecule has 276 valence electrons. The van der Waals surface area contributed by atoms with E-state index in [0.29, 0.717) is 34.0 Å². The van der Waals surface area contributed by atoms with Gasteiger partial charge in [0.25, 0.3) is 10.0 Å². The van der Waals surface area contributed by atoms with E-state index in [0.717, 1.165) is 66.8 Å². The second-order valence-corrected chi connectivity index (χ2v) is 16.7. The standard InChI is InChI=1S/C15H11IN2O3S.C8H5IN2O.C8H6N2O.C7H5BrN2/c1-10-2-4-12(5-3-10)22(20,21)18-8-14(16)13-6-11(9-19)7-17-15(13)18;9-7-3-11-8-6(7)1-5(4-12)2-10-8;11-5-6-3-7-1-2-9-8(7)10-4-6;8-6-3-5-1-2-9-7(5)10-4-6/h2-9H,1H3;1-4H,(H,10,11);1-5H,(H,9,10);1-4H,(H,9,10). The van der Waals surface area contributed by atoms with Gasteiger partial charge >= 0.3 is 0 Å². The van der Waals surface area contributed by atoms with Gasteiger partial charge in [-0.15, -0.1) is 0 Å². The van der Waals surface area contributed by atoms with Crippen LogP contribution in [0.15, 0.2) is 120 Å². The van der Waals surface area contributed by atoms with Crippen LogP contribution in [0.2, 0.25) is 0 Å². The predicted molar refractivity (Wildman–Crippen MR) is 231 cm³/mol. The summed E-state index contributed by atoms with van der Waals surface area (Å²) >= 11 is 7.58. The Hall–Kier alpha value is -5.12. The van der Waals surface area contributed by atoms with Crippen LogP contribution in [-0.4, -0.2) is 66.1 Å². The molecule has 9 aromatic rings. The Kier molecular flexibility index (Phi) is 12.6. The van der Waals surface area contributed by atoms with Crippen LogP contribution in [0.1, 0.15) is 36.6 Å². The zero-order chi connectivity index (χ0) is 39.1. The molecule has 13 nitrogen and oxygen atoms in total. The van der Waals surface area contributed by atoms with Gasteiger partial charge in [-0.1, -0.05) is 17.7 Å². The summed E-state index contributed by atoms with van der Waals surface area (Å²) in [6.45, 7) is 1.90. The molecule has 8 aromatic heterocycles. The molecule has 0 bridgehead atoms. The zero-order valence-corrected chi connectivity index (χ0v) is 35.2. The molecule has 0 aliphatic rings. The van der Waals surface area contributed by atoms with Crippen molar-refractivity contribution in [1.82, 2.24) is 38.9 Å². The second kappa shape index (κ2) is 17.6. The highest BCUT2D eigenvalue weighted by Gasteiger charge is 2.21. The van der Waals surface area contributed by atoms with Gasteiger partial charge in [0.2, 0.25) is 0 Å². The number of carbonyl (C=O) groups is 3. The topological polar surface area (TPSA) is 189 Å². The first-order chi connectivity index (χ1) is 26.5. The zero-order valence-electron chi connectivity index (χ0n) is 28.4. The summed E-state index contributed by atoms with van der Waals surface area (Å²) < 4.78 is 29.5. The third-order valence-corrected chi connectivity index (χ3v) is 11.7. The highest BCUT2D eigenvalue weighted by Crippen LogP contribution is 2.26. The Labute approximate surface area is 348 Å². The van der Waals surface area contributed by atoms with Crippen molar-refractivity contribution in [2.24, 2.45) is 0 Å². The first-order valence-electron chi connectivity index (χ1n) is 16.0. The smallest absolute Gasteiger partial charge is 0.269 e. The van der Waals surface area contributed by atoms with Crippen molar-refractivity contribution >= 4 is 134 Å². The summed E-state index contributed by atoms with van der Waals surface area (Å²) in [5, 5.41) is 3.74. The molecular weight excluding hydrogens is 1010 g/mol. The average Bonchev–Trinajstić information content (AvgIpc) is 4.02. The molecule has 1 aromatic carbocycles. The molecule has 0 saturated heterocycles. The Morgan fingerprint density at radius 2 is 1.20 bits per heavy atom. The summed E-state index contributed by atoms with van der Waals surface area (Å²) in [5.74, 6) is 0. The van der Waals surface area contributed by atoms with Crippen LogP contribution < -0.4 is 0 Å². The van der Waals surface area contributed by atoms with Gasteiger partial charge in [-0.2, -0.15) is 0 Å². The maximum atomic E-state index is 12.8. The van der Waals surface area contributed by atoms with Crippen molar-refractivity contribution in [3.05, 3.63) is 144 Å². The van der Waals surface area contributed by atoms with E-state index in [9.17, 15) is 22.8 Å². The molecule has 0 atom stereocenters. The third kappa shape index (κ3) is 9.23. The molecule has 0 aliphatic heterocycles. The van der Waals surface area contributed by atoms with E-state index < -0.39 is 10.0 Å². The number of carbonyl (C=O) groups excluding carboxylic acids is 3. The molecule has 0 aliphatic carbocycles. The summed E-state index contributed by atoms with van der Waals surface area (Å²) in [7, 11) is -3.72. The molecule has 3 N–H and O–H groups in total. The van der Waals surface area contributed by atoms with E-state index in [1.165, 1.54) is 12.4 Å². The van der Waals surface area contributed by atoms with E-state index >= 15 is 0 Å². The van der Waals surface area contributed by atoms with Crippen molar-refractivity contribution < 1.29 is 22.8 Å². The summed E-state index contributed by atoms with van der Waals surface area (Å²) in [4.78, 5) is 57.1. The number of pyridine rings is 4. The predicted octanol–water partition coefficient (Wildman–Crippen LogP) is 8.68. The molecule has 0 radical (unpaired) electrons. The third-order valence-electron chi connectivity index (χ3n) is 7.86. The highest BCUT2D eigenvalue weighted by molar-refractivity contribution is 14.1. The van der Waals surface area contributed by atoms with Crippen molar-refractivity contribution in [1.29, 1.82) is 0 Å². The second-order valence-electron chi connectivity index (χ2n) is 11.6. The lowest BCUT2D eigenvalue weighted by atomic mass is 10.2. The Morgan fingerprint density at radius 3 is 1.84 bits per heavy atom. The van der Waals surface area contributed by atoms with Crippen molar-refractivity contribution in [2.45, 2.75) is 11.8 Å². The minimum absolute atomic E-state index is 0.202. The van der Waals surface area contributed by atoms with E-state index in [1.807, 2.05) is 66.2 Å². The number of halogens is 3. The number of aromatic amines is 3. The van der Waals surface area contributed by atoms with E-state index in [-0.39, 0.29) is 4.90 Å². The lowest BCUT2D eigenvalue weighted by molar-refractivity contribution is 0.111. The Bertz CT molecular complexity index is 2920. The number of fused-ring (bicyclic) bond motifs is 4. The fourth-order valence-corrected chi connectivity index (χ4v) is 8.22. The quantitative estimate of drug-likeness (QED) is 0.112. The van der Waals surface area contributed by atoms with Crippen LogP contribution in [0.5, 0.6) is 0 Å². The van der Waals surface area contributed by atoms with Crippen LogP contribution in [-0.2, 0) is 10.0 Å². The monoisotopic (exact) mass is 1040 g/mol. The fraction of sp³-hybridized carbons (Fsp3) is 0.0263. The maximum absolute atomic E-state index is 12.8. The molecule has 0 amide bonds. The SMILES string of the molecule is Brc1cnc2[nH]ccc2c1.Cc1ccc(S(=O)(=O)n2cc(I)c3cc(C=O)cnc32)cc1.O=Cc1cnc2[nH]cc(I)c2c1.O=Cc1cnc2[nH]ccc2c1. The Balaban J connectivity index is 0.000000133. The van der Waals surface area contributed by atoms with Crippen LogP contribution >= 0.6 is 61.1 Å². The van der Waals surface area contributed by atoms with Gasteiger partial charge in [-0.25, -0.2) is 32.3 Å². The molecule has 55 heavy (non-hydrogen) atoms. The largest absolute Gasteiger partial charge is 0.346 e. The van der Waals surface area contributed by atoms with E-state index in [4.69, 9.17) is 0 Å². The fourth-order valence-electron chi connectivity index (χ4n) is 5.12. The number of hydrogen-bond acceptors (Lipinski definition) is 9.